The number of pyridine rings is 1. The van der Waals surface area contributed by atoms with E-state index in [-0.39, 0.29) is 5.56 Å². The summed E-state index contributed by atoms with van der Waals surface area (Å²) >= 11 is 0. The summed E-state index contributed by atoms with van der Waals surface area (Å²) in [5.74, 6) is 0. The van der Waals surface area contributed by atoms with E-state index < -0.39 is 0 Å². The second-order valence-corrected chi connectivity index (χ2v) is 5.72. The largest absolute Gasteiger partial charge is 0.380 e. The number of aryl methyl sites for hydroxylation is 1. The molecule has 1 aliphatic heterocycles. The Hall–Kier alpha value is -2.07. The van der Waals surface area contributed by atoms with Crippen molar-refractivity contribution in [3.8, 4) is 0 Å². The van der Waals surface area contributed by atoms with E-state index in [4.69, 9.17) is 0 Å². The van der Waals surface area contributed by atoms with E-state index in [9.17, 15) is 4.79 Å². The molecular formula is C17H21N3O. The number of aromatic nitrogens is 1. The van der Waals surface area contributed by atoms with E-state index in [1.54, 1.807) is 17.7 Å². The SMILES string of the molecule is Cn1cc(NC2CCN(Cc3ccccc3)C2)ccc1=O. The van der Waals surface area contributed by atoms with Crippen LogP contribution in [0.1, 0.15) is 12.0 Å². The molecule has 1 aliphatic rings. The number of nitrogens with zero attached hydrogens (tertiary/aromatic N) is 2. The van der Waals surface area contributed by atoms with Gasteiger partial charge in [-0.05, 0) is 18.1 Å². The van der Waals surface area contributed by atoms with Crippen molar-refractivity contribution < 1.29 is 0 Å². The number of hydrogen-bond donors (Lipinski definition) is 1. The lowest BCUT2D eigenvalue weighted by molar-refractivity contribution is 0.328. The first-order valence-corrected chi connectivity index (χ1v) is 7.40. The summed E-state index contributed by atoms with van der Waals surface area (Å²) in [6.07, 6.45) is 3.00. The molecule has 21 heavy (non-hydrogen) atoms. The molecule has 1 N–H and O–H groups in total. The number of rotatable bonds is 4. The second kappa shape index (κ2) is 6.14. The summed E-state index contributed by atoms with van der Waals surface area (Å²) < 4.78 is 1.61. The van der Waals surface area contributed by atoms with Crippen molar-refractivity contribution in [3.05, 3.63) is 64.6 Å². The summed E-state index contributed by atoms with van der Waals surface area (Å²) in [7, 11) is 1.78. The molecule has 0 spiro atoms. The molecule has 0 saturated carbocycles. The Labute approximate surface area is 125 Å². The van der Waals surface area contributed by atoms with E-state index in [1.807, 2.05) is 12.3 Å². The molecule has 0 radical (unpaired) electrons. The third-order valence-electron chi connectivity index (χ3n) is 3.98. The van der Waals surface area contributed by atoms with Crippen LogP contribution in [0.25, 0.3) is 0 Å². The van der Waals surface area contributed by atoms with Crippen molar-refractivity contribution in [3.63, 3.8) is 0 Å². The van der Waals surface area contributed by atoms with E-state index in [0.29, 0.717) is 6.04 Å². The van der Waals surface area contributed by atoms with Crippen molar-refractivity contribution in [1.82, 2.24) is 9.47 Å². The molecule has 4 nitrogen and oxygen atoms in total. The standard InChI is InChI=1S/C17H21N3O/c1-19-12-15(7-8-17(19)21)18-16-9-10-20(13-16)11-14-5-3-2-4-6-14/h2-8,12,16,18H,9-11,13H2,1H3. The smallest absolute Gasteiger partial charge is 0.250 e. The predicted molar refractivity (Wildman–Crippen MR) is 85.4 cm³/mol. The Morgan fingerprint density at radius 1 is 1.19 bits per heavy atom. The molecule has 1 saturated heterocycles. The van der Waals surface area contributed by atoms with Gasteiger partial charge in [0.25, 0.3) is 0 Å². The van der Waals surface area contributed by atoms with Crippen LogP contribution in [0.15, 0.2) is 53.5 Å². The fourth-order valence-corrected chi connectivity index (χ4v) is 2.85. The molecule has 0 amide bonds. The van der Waals surface area contributed by atoms with Gasteiger partial charge in [0.15, 0.2) is 0 Å². The highest BCUT2D eigenvalue weighted by atomic mass is 16.1. The van der Waals surface area contributed by atoms with Crippen LogP contribution in [-0.4, -0.2) is 28.6 Å². The average molecular weight is 283 g/mol. The van der Waals surface area contributed by atoms with Crippen LogP contribution in [0, 0.1) is 0 Å². The first-order chi connectivity index (χ1) is 10.2. The van der Waals surface area contributed by atoms with Gasteiger partial charge in [-0.2, -0.15) is 0 Å². The first kappa shape index (κ1) is 13.9. The average Bonchev–Trinajstić information content (AvgIpc) is 2.91. The van der Waals surface area contributed by atoms with Crippen LogP contribution in [0.5, 0.6) is 0 Å². The monoisotopic (exact) mass is 283 g/mol. The quantitative estimate of drug-likeness (QED) is 0.933. The fraction of sp³-hybridized carbons (Fsp3) is 0.353. The third-order valence-corrected chi connectivity index (χ3v) is 3.98. The van der Waals surface area contributed by atoms with Gasteiger partial charge in [-0.1, -0.05) is 30.3 Å². The van der Waals surface area contributed by atoms with Crippen LogP contribution in [-0.2, 0) is 13.6 Å². The van der Waals surface area contributed by atoms with Crippen molar-refractivity contribution in [2.45, 2.75) is 19.0 Å². The molecule has 0 aliphatic carbocycles. The highest BCUT2D eigenvalue weighted by Crippen LogP contribution is 2.17. The van der Waals surface area contributed by atoms with Crippen LogP contribution >= 0.6 is 0 Å². The number of hydrogen-bond acceptors (Lipinski definition) is 3. The minimum absolute atomic E-state index is 0.0256. The summed E-state index contributed by atoms with van der Waals surface area (Å²) in [6.45, 7) is 3.16. The first-order valence-electron chi connectivity index (χ1n) is 7.40. The second-order valence-electron chi connectivity index (χ2n) is 5.72. The van der Waals surface area contributed by atoms with Crippen LogP contribution in [0.2, 0.25) is 0 Å². The van der Waals surface area contributed by atoms with Crippen molar-refractivity contribution in [2.75, 3.05) is 18.4 Å². The Morgan fingerprint density at radius 3 is 2.76 bits per heavy atom. The number of anilines is 1. The topological polar surface area (TPSA) is 37.3 Å². The van der Waals surface area contributed by atoms with E-state index in [2.05, 4.69) is 40.5 Å². The summed E-state index contributed by atoms with van der Waals surface area (Å²) in [5, 5.41) is 3.52. The fourth-order valence-electron chi connectivity index (χ4n) is 2.85. The third kappa shape index (κ3) is 3.52. The Bertz CT molecular complexity index is 651. The van der Waals surface area contributed by atoms with E-state index >= 15 is 0 Å². The summed E-state index contributed by atoms with van der Waals surface area (Å²) in [5.41, 5.74) is 2.40. The minimum Gasteiger partial charge on any atom is -0.380 e. The molecule has 1 unspecified atom stereocenters. The van der Waals surface area contributed by atoms with Gasteiger partial charge in [0.05, 0.1) is 5.69 Å². The number of likely N-dealkylation sites (tertiary alicyclic amines) is 1. The van der Waals surface area contributed by atoms with Crippen LogP contribution in [0.3, 0.4) is 0 Å². The van der Waals surface area contributed by atoms with Gasteiger partial charge >= 0.3 is 0 Å². The molecule has 1 atom stereocenters. The maximum atomic E-state index is 11.4. The van der Waals surface area contributed by atoms with Gasteiger partial charge in [0, 0.05) is 45.0 Å². The van der Waals surface area contributed by atoms with E-state index in [0.717, 1.165) is 31.7 Å². The van der Waals surface area contributed by atoms with Gasteiger partial charge in [-0.25, -0.2) is 0 Å². The zero-order chi connectivity index (χ0) is 14.7. The zero-order valence-electron chi connectivity index (χ0n) is 12.3. The van der Waals surface area contributed by atoms with Gasteiger partial charge in [0.1, 0.15) is 0 Å². The number of nitrogens with one attached hydrogen (secondary N) is 1. The van der Waals surface area contributed by atoms with Crippen molar-refractivity contribution >= 4 is 5.69 Å². The zero-order valence-corrected chi connectivity index (χ0v) is 12.3. The molecule has 3 rings (SSSR count). The molecule has 1 aromatic carbocycles. The highest BCUT2D eigenvalue weighted by Gasteiger charge is 2.22. The normalized spacial score (nSPS) is 18.8. The Morgan fingerprint density at radius 2 is 2.00 bits per heavy atom. The molecule has 0 bridgehead atoms. The van der Waals surface area contributed by atoms with Crippen LogP contribution in [0.4, 0.5) is 5.69 Å². The Balaban J connectivity index is 1.57. The lowest BCUT2D eigenvalue weighted by Gasteiger charge is -2.17. The van der Waals surface area contributed by atoms with Crippen molar-refractivity contribution in [2.24, 2.45) is 7.05 Å². The Kier molecular flexibility index (Phi) is 4.06. The van der Waals surface area contributed by atoms with Gasteiger partial charge in [0.2, 0.25) is 5.56 Å². The minimum atomic E-state index is 0.0256. The van der Waals surface area contributed by atoms with Gasteiger partial charge in [-0.3, -0.25) is 9.69 Å². The maximum absolute atomic E-state index is 11.4. The maximum Gasteiger partial charge on any atom is 0.250 e. The molecule has 2 aromatic rings. The highest BCUT2D eigenvalue weighted by molar-refractivity contribution is 5.41. The lowest BCUT2D eigenvalue weighted by atomic mass is 10.2. The van der Waals surface area contributed by atoms with E-state index in [1.165, 1.54) is 5.56 Å². The molecular weight excluding hydrogens is 262 g/mol. The van der Waals surface area contributed by atoms with Crippen LogP contribution < -0.4 is 10.9 Å². The summed E-state index contributed by atoms with van der Waals surface area (Å²) in [6, 6.07) is 14.5. The van der Waals surface area contributed by atoms with Crippen molar-refractivity contribution in [1.29, 1.82) is 0 Å². The molecule has 4 heteroatoms. The van der Waals surface area contributed by atoms with Gasteiger partial charge < -0.3 is 9.88 Å². The molecule has 2 heterocycles. The molecule has 110 valence electrons. The molecule has 1 aromatic heterocycles. The number of benzene rings is 1. The predicted octanol–water partition coefficient (Wildman–Crippen LogP) is 2.07. The van der Waals surface area contributed by atoms with Gasteiger partial charge in [-0.15, -0.1) is 0 Å². The molecule has 1 fully saturated rings. The summed E-state index contributed by atoms with van der Waals surface area (Å²) in [4.78, 5) is 13.9. The lowest BCUT2D eigenvalue weighted by Crippen LogP contribution is -2.26.